The fourth-order valence-corrected chi connectivity index (χ4v) is 2.14. The zero-order valence-corrected chi connectivity index (χ0v) is 11.5. The molecule has 0 aliphatic carbocycles. The number of anilines is 1. The van der Waals surface area contributed by atoms with Gasteiger partial charge in [0.05, 0.1) is 17.3 Å². The van der Waals surface area contributed by atoms with Crippen LogP contribution in [0.4, 0.5) is 5.69 Å². The molecule has 1 heterocycles. The minimum absolute atomic E-state index is 0.0635. The summed E-state index contributed by atoms with van der Waals surface area (Å²) in [6.45, 7) is 0. The second-order valence-electron chi connectivity index (χ2n) is 4.71. The molecule has 0 atom stereocenters. The summed E-state index contributed by atoms with van der Waals surface area (Å²) in [5.41, 5.74) is 4.41. The number of carbonyl (C=O) groups excluding carboxylic acids is 2. The molecule has 5 nitrogen and oxygen atoms in total. The number of para-hydroxylation sites is 1. The normalized spacial score (nSPS) is 15.8. The lowest BCUT2D eigenvalue weighted by molar-refractivity contribution is -0.117. The Balaban J connectivity index is 1.91. The van der Waals surface area contributed by atoms with Gasteiger partial charge in [-0.15, -0.1) is 0 Å². The Labute approximate surface area is 127 Å². The van der Waals surface area contributed by atoms with Gasteiger partial charge in [-0.2, -0.15) is 5.26 Å². The van der Waals surface area contributed by atoms with Crippen molar-refractivity contribution in [1.82, 2.24) is 5.43 Å². The molecule has 2 aromatic rings. The van der Waals surface area contributed by atoms with Crippen LogP contribution >= 0.6 is 0 Å². The molecule has 0 saturated carbocycles. The lowest BCUT2D eigenvalue weighted by Gasteiger charge is -2.13. The minimum atomic E-state index is -0.446. The number of hydrogen-bond acceptors (Lipinski definition) is 3. The van der Waals surface area contributed by atoms with Crippen molar-refractivity contribution in [1.29, 1.82) is 5.26 Å². The van der Waals surface area contributed by atoms with Gasteiger partial charge in [0.2, 0.25) is 0 Å². The van der Waals surface area contributed by atoms with E-state index in [4.69, 9.17) is 5.26 Å². The van der Waals surface area contributed by atoms with Crippen LogP contribution in [0, 0.1) is 11.3 Å². The Kier molecular flexibility index (Phi) is 3.42. The fraction of sp³-hybridized carbons (Fsp3) is 0. The number of nitrogens with zero attached hydrogens (tertiary/aromatic N) is 2. The standard InChI is InChI=1S/C17H11N3O2/c18-11-13-8-6-12(7-9-13)10-15-16(21)19-20(17(15)22)14-4-2-1-3-5-14/h1-10H,(H,19,21)/b15-10+. The monoisotopic (exact) mass is 289 g/mol. The van der Waals surface area contributed by atoms with Crippen LogP contribution in [0.25, 0.3) is 6.08 Å². The summed E-state index contributed by atoms with van der Waals surface area (Å²) >= 11 is 0. The van der Waals surface area contributed by atoms with Crippen LogP contribution in [0.3, 0.4) is 0 Å². The number of benzene rings is 2. The van der Waals surface area contributed by atoms with Gasteiger partial charge in [-0.1, -0.05) is 30.3 Å². The Morgan fingerprint density at radius 1 is 1.00 bits per heavy atom. The van der Waals surface area contributed by atoms with Crippen LogP contribution in [0.1, 0.15) is 11.1 Å². The van der Waals surface area contributed by atoms with Crippen LogP contribution < -0.4 is 10.4 Å². The van der Waals surface area contributed by atoms with Crippen molar-refractivity contribution in [2.45, 2.75) is 0 Å². The quantitative estimate of drug-likeness (QED) is 0.679. The second-order valence-corrected chi connectivity index (χ2v) is 4.71. The van der Waals surface area contributed by atoms with Gasteiger partial charge in [-0.3, -0.25) is 15.0 Å². The van der Waals surface area contributed by atoms with Crippen LogP contribution in [0.2, 0.25) is 0 Å². The summed E-state index contributed by atoms with van der Waals surface area (Å²) in [5.74, 6) is -0.848. The van der Waals surface area contributed by atoms with Crippen LogP contribution in [0.15, 0.2) is 60.2 Å². The van der Waals surface area contributed by atoms with E-state index in [1.54, 1.807) is 48.5 Å². The Morgan fingerprint density at radius 2 is 1.68 bits per heavy atom. The van der Waals surface area contributed by atoms with Gasteiger partial charge >= 0.3 is 0 Å². The molecule has 1 N–H and O–H groups in total. The molecule has 3 rings (SSSR count). The fourth-order valence-electron chi connectivity index (χ4n) is 2.14. The van der Waals surface area contributed by atoms with E-state index in [0.29, 0.717) is 16.8 Å². The lowest BCUT2D eigenvalue weighted by atomic mass is 10.1. The number of rotatable bonds is 2. The zero-order valence-electron chi connectivity index (χ0n) is 11.5. The zero-order chi connectivity index (χ0) is 15.5. The Hall–Kier alpha value is -3.39. The van der Waals surface area contributed by atoms with E-state index in [1.165, 1.54) is 11.1 Å². The van der Waals surface area contributed by atoms with Gasteiger partial charge in [0.1, 0.15) is 5.57 Å². The lowest BCUT2D eigenvalue weighted by Crippen LogP contribution is -2.35. The molecule has 1 saturated heterocycles. The van der Waals surface area contributed by atoms with Crippen molar-refractivity contribution < 1.29 is 9.59 Å². The first-order valence-electron chi connectivity index (χ1n) is 6.61. The van der Waals surface area contributed by atoms with Crippen LogP contribution in [-0.4, -0.2) is 11.8 Å². The van der Waals surface area contributed by atoms with E-state index in [1.807, 2.05) is 12.1 Å². The van der Waals surface area contributed by atoms with E-state index < -0.39 is 11.8 Å². The minimum Gasteiger partial charge on any atom is -0.267 e. The maximum atomic E-state index is 12.4. The Morgan fingerprint density at radius 3 is 2.32 bits per heavy atom. The molecule has 0 spiro atoms. The first-order valence-corrected chi connectivity index (χ1v) is 6.61. The van der Waals surface area contributed by atoms with Gasteiger partial charge in [0.15, 0.2) is 0 Å². The number of nitriles is 1. The molecule has 2 amide bonds. The van der Waals surface area contributed by atoms with Crippen molar-refractivity contribution in [3.8, 4) is 6.07 Å². The molecule has 1 aliphatic rings. The number of hydrogen-bond donors (Lipinski definition) is 1. The summed E-state index contributed by atoms with van der Waals surface area (Å²) in [4.78, 5) is 24.4. The second kappa shape index (κ2) is 5.54. The molecule has 1 aliphatic heterocycles. The van der Waals surface area contributed by atoms with Crippen molar-refractivity contribution in [3.05, 3.63) is 71.3 Å². The topological polar surface area (TPSA) is 73.2 Å². The highest BCUT2D eigenvalue weighted by molar-refractivity contribution is 6.31. The molecule has 106 valence electrons. The van der Waals surface area contributed by atoms with Crippen molar-refractivity contribution >= 4 is 23.6 Å². The maximum Gasteiger partial charge on any atom is 0.282 e. The summed E-state index contributed by atoms with van der Waals surface area (Å²) in [7, 11) is 0. The molecular weight excluding hydrogens is 278 g/mol. The van der Waals surface area contributed by atoms with Crippen molar-refractivity contribution in [3.63, 3.8) is 0 Å². The first-order chi connectivity index (χ1) is 10.7. The molecule has 22 heavy (non-hydrogen) atoms. The van der Waals surface area contributed by atoms with E-state index in [-0.39, 0.29) is 5.57 Å². The summed E-state index contributed by atoms with van der Waals surface area (Å²) in [5, 5.41) is 9.99. The molecule has 0 radical (unpaired) electrons. The highest BCUT2D eigenvalue weighted by Crippen LogP contribution is 2.21. The summed E-state index contributed by atoms with van der Waals surface area (Å²) in [6.07, 6.45) is 1.52. The smallest absolute Gasteiger partial charge is 0.267 e. The SMILES string of the molecule is N#Cc1ccc(/C=C2\C(=O)NN(c3ccccc3)C2=O)cc1. The molecule has 2 aromatic carbocycles. The average molecular weight is 289 g/mol. The third kappa shape index (κ3) is 2.45. The predicted molar refractivity (Wildman–Crippen MR) is 81.2 cm³/mol. The highest BCUT2D eigenvalue weighted by atomic mass is 16.2. The molecule has 0 aromatic heterocycles. The van der Waals surface area contributed by atoms with E-state index in [2.05, 4.69) is 5.43 Å². The van der Waals surface area contributed by atoms with Crippen LogP contribution in [-0.2, 0) is 9.59 Å². The number of hydrazine groups is 1. The number of nitrogens with one attached hydrogen (secondary N) is 1. The number of carbonyl (C=O) groups is 2. The van der Waals surface area contributed by atoms with Gasteiger partial charge < -0.3 is 0 Å². The van der Waals surface area contributed by atoms with Gasteiger partial charge in [0.25, 0.3) is 11.8 Å². The average Bonchev–Trinajstić information content (AvgIpc) is 2.84. The van der Waals surface area contributed by atoms with E-state index in [9.17, 15) is 9.59 Å². The van der Waals surface area contributed by atoms with Gasteiger partial charge in [-0.25, -0.2) is 5.01 Å². The summed E-state index contributed by atoms with van der Waals surface area (Å²) in [6, 6.07) is 17.6. The van der Waals surface area contributed by atoms with Crippen LogP contribution in [0.5, 0.6) is 0 Å². The van der Waals surface area contributed by atoms with Crippen molar-refractivity contribution in [2.75, 3.05) is 5.01 Å². The summed E-state index contributed by atoms with van der Waals surface area (Å²) < 4.78 is 0. The molecular formula is C17H11N3O2. The predicted octanol–water partition coefficient (Wildman–Crippen LogP) is 2.02. The third-order valence-corrected chi connectivity index (χ3v) is 3.26. The van der Waals surface area contributed by atoms with E-state index >= 15 is 0 Å². The van der Waals surface area contributed by atoms with Gasteiger partial charge in [-0.05, 0) is 35.9 Å². The third-order valence-electron chi connectivity index (χ3n) is 3.26. The number of amides is 2. The van der Waals surface area contributed by atoms with E-state index in [0.717, 1.165) is 0 Å². The Bertz CT molecular complexity index is 802. The largest absolute Gasteiger partial charge is 0.282 e. The highest BCUT2D eigenvalue weighted by Gasteiger charge is 2.34. The molecule has 0 unspecified atom stereocenters. The molecule has 1 fully saturated rings. The first kappa shape index (κ1) is 13.6. The molecule has 5 heteroatoms. The maximum absolute atomic E-state index is 12.4. The van der Waals surface area contributed by atoms with Gasteiger partial charge in [0, 0.05) is 0 Å². The van der Waals surface area contributed by atoms with Crippen molar-refractivity contribution in [2.24, 2.45) is 0 Å². The molecule has 0 bridgehead atoms.